The van der Waals surface area contributed by atoms with Crippen LogP contribution in [0.25, 0.3) is 0 Å². The maximum absolute atomic E-state index is 12.3. The van der Waals surface area contributed by atoms with Crippen molar-refractivity contribution < 1.29 is 13.9 Å². The summed E-state index contributed by atoms with van der Waals surface area (Å²) in [6.45, 7) is 2.55. The van der Waals surface area contributed by atoms with Crippen LogP contribution in [-0.2, 0) is 11.3 Å². The lowest BCUT2D eigenvalue weighted by atomic mass is 10.1. The molecule has 124 valence electrons. The monoisotopic (exact) mass is 334 g/mol. The number of urea groups is 1. The van der Waals surface area contributed by atoms with Crippen LogP contribution in [0, 0.1) is 0 Å². The van der Waals surface area contributed by atoms with Crippen molar-refractivity contribution >= 4 is 17.4 Å². The Morgan fingerprint density at radius 1 is 1.48 bits per heavy atom. The molecule has 0 radical (unpaired) electrons. The first kappa shape index (κ1) is 16.1. The van der Waals surface area contributed by atoms with Gasteiger partial charge in [0.1, 0.15) is 12.4 Å². The highest BCUT2D eigenvalue weighted by Gasteiger charge is 2.29. The summed E-state index contributed by atoms with van der Waals surface area (Å²) >= 11 is 1.68. The lowest BCUT2D eigenvalue weighted by Gasteiger charge is -2.24. The van der Waals surface area contributed by atoms with Crippen molar-refractivity contribution in [1.29, 1.82) is 0 Å². The maximum atomic E-state index is 12.3. The molecule has 2 amide bonds. The number of rotatable bonds is 7. The Hall–Kier alpha value is -1.79. The van der Waals surface area contributed by atoms with Gasteiger partial charge in [0, 0.05) is 19.7 Å². The minimum absolute atomic E-state index is 0.0322. The number of hydrogen-bond acceptors (Lipinski definition) is 4. The first-order valence-corrected chi connectivity index (χ1v) is 8.95. The lowest BCUT2D eigenvalue weighted by Crippen LogP contribution is -2.40. The van der Waals surface area contributed by atoms with E-state index in [0.717, 1.165) is 31.6 Å². The summed E-state index contributed by atoms with van der Waals surface area (Å²) < 4.78 is 10.7. The fraction of sp³-hybridized carbons (Fsp3) is 0.471. The second kappa shape index (κ2) is 8.17. The highest BCUT2D eigenvalue weighted by molar-refractivity contribution is 7.07. The summed E-state index contributed by atoms with van der Waals surface area (Å²) in [4.78, 5) is 14.3. The van der Waals surface area contributed by atoms with E-state index in [1.165, 1.54) is 5.56 Å². The van der Waals surface area contributed by atoms with Crippen LogP contribution < -0.4 is 5.32 Å². The van der Waals surface area contributed by atoms with E-state index in [1.54, 1.807) is 17.6 Å². The topological polar surface area (TPSA) is 54.7 Å². The number of nitrogens with one attached hydrogen (secondary N) is 1. The van der Waals surface area contributed by atoms with Crippen LogP contribution in [0.15, 0.2) is 39.6 Å². The molecule has 3 heterocycles. The Morgan fingerprint density at radius 3 is 3.22 bits per heavy atom. The normalized spacial score (nSPS) is 17.6. The maximum Gasteiger partial charge on any atom is 0.317 e. The fourth-order valence-electron chi connectivity index (χ4n) is 2.86. The van der Waals surface area contributed by atoms with Crippen molar-refractivity contribution in [3.8, 4) is 0 Å². The summed E-state index contributed by atoms with van der Waals surface area (Å²) in [5.41, 5.74) is 1.25. The van der Waals surface area contributed by atoms with E-state index in [4.69, 9.17) is 9.15 Å². The molecule has 1 N–H and O–H groups in total. The van der Waals surface area contributed by atoms with Crippen LogP contribution in [0.2, 0.25) is 0 Å². The van der Waals surface area contributed by atoms with Crippen molar-refractivity contribution in [3.05, 3.63) is 46.5 Å². The molecule has 2 aromatic heterocycles. The SMILES string of the molecule is O=C(NCCCOCc1ccco1)N1CCCC1c1ccsc1. The molecule has 3 rings (SSSR count). The van der Waals surface area contributed by atoms with Gasteiger partial charge in [0.25, 0.3) is 0 Å². The van der Waals surface area contributed by atoms with Gasteiger partial charge in [0.05, 0.1) is 12.3 Å². The number of carbonyl (C=O) groups excluding carboxylic acids is 1. The zero-order valence-electron chi connectivity index (χ0n) is 13.1. The molecule has 1 fully saturated rings. The molecule has 0 aliphatic carbocycles. The highest BCUT2D eigenvalue weighted by Crippen LogP contribution is 2.32. The van der Waals surface area contributed by atoms with Crippen molar-refractivity contribution in [1.82, 2.24) is 10.2 Å². The molecule has 0 aromatic carbocycles. The molecule has 1 atom stereocenters. The van der Waals surface area contributed by atoms with Gasteiger partial charge in [0.2, 0.25) is 0 Å². The zero-order valence-corrected chi connectivity index (χ0v) is 13.9. The highest BCUT2D eigenvalue weighted by atomic mass is 32.1. The summed E-state index contributed by atoms with van der Waals surface area (Å²) in [5.74, 6) is 0.824. The second-order valence-electron chi connectivity index (χ2n) is 5.63. The molecule has 0 saturated carbocycles. The molecular weight excluding hydrogens is 312 g/mol. The standard InChI is InChI=1S/C17H22N2O3S/c20-17(18-7-3-9-21-12-15-4-2-10-22-15)19-8-1-5-16(19)14-6-11-23-13-14/h2,4,6,10-11,13,16H,1,3,5,7-9,12H2,(H,18,20). The quantitative estimate of drug-likeness (QED) is 0.784. The van der Waals surface area contributed by atoms with E-state index in [9.17, 15) is 4.79 Å². The van der Waals surface area contributed by atoms with Crippen molar-refractivity contribution in [3.63, 3.8) is 0 Å². The molecule has 23 heavy (non-hydrogen) atoms. The molecule has 5 nitrogen and oxygen atoms in total. The Bertz CT molecular complexity index is 583. The fourth-order valence-corrected chi connectivity index (χ4v) is 3.57. The average Bonchev–Trinajstić information content (AvgIpc) is 3.32. The van der Waals surface area contributed by atoms with Gasteiger partial charge in [-0.1, -0.05) is 0 Å². The largest absolute Gasteiger partial charge is 0.467 e. The van der Waals surface area contributed by atoms with Gasteiger partial charge in [-0.3, -0.25) is 0 Å². The van der Waals surface area contributed by atoms with Crippen LogP contribution in [0.1, 0.15) is 36.6 Å². The number of likely N-dealkylation sites (tertiary alicyclic amines) is 1. The van der Waals surface area contributed by atoms with Crippen LogP contribution in [0.5, 0.6) is 0 Å². The number of furan rings is 1. The zero-order chi connectivity index (χ0) is 15.9. The Morgan fingerprint density at radius 2 is 2.43 bits per heavy atom. The molecule has 1 saturated heterocycles. The number of nitrogens with zero attached hydrogens (tertiary/aromatic N) is 1. The van der Waals surface area contributed by atoms with Crippen LogP contribution in [0.3, 0.4) is 0 Å². The van der Waals surface area contributed by atoms with Crippen LogP contribution in [-0.4, -0.2) is 30.6 Å². The summed E-state index contributed by atoms with van der Waals surface area (Å²) in [5, 5.41) is 7.20. The number of ether oxygens (including phenoxy) is 1. The number of carbonyl (C=O) groups is 1. The Labute approximate surface area is 140 Å². The first-order chi connectivity index (χ1) is 11.3. The van der Waals surface area contributed by atoms with E-state index in [1.807, 2.05) is 17.0 Å². The van der Waals surface area contributed by atoms with Crippen molar-refractivity contribution in [2.45, 2.75) is 31.9 Å². The third-order valence-electron chi connectivity index (χ3n) is 4.01. The summed E-state index contributed by atoms with van der Waals surface area (Å²) in [7, 11) is 0. The minimum Gasteiger partial charge on any atom is -0.467 e. The number of amides is 2. The van der Waals surface area contributed by atoms with E-state index >= 15 is 0 Å². The van der Waals surface area contributed by atoms with Crippen molar-refractivity contribution in [2.75, 3.05) is 19.7 Å². The van der Waals surface area contributed by atoms with Gasteiger partial charge in [0.15, 0.2) is 0 Å². The average molecular weight is 334 g/mol. The van der Waals surface area contributed by atoms with Gasteiger partial charge < -0.3 is 19.4 Å². The van der Waals surface area contributed by atoms with Gasteiger partial charge in [-0.2, -0.15) is 11.3 Å². The summed E-state index contributed by atoms with van der Waals surface area (Å²) in [6, 6.07) is 6.11. The van der Waals surface area contributed by atoms with E-state index < -0.39 is 0 Å². The van der Waals surface area contributed by atoms with E-state index in [-0.39, 0.29) is 12.1 Å². The van der Waals surface area contributed by atoms with E-state index in [0.29, 0.717) is 19.8 Å². The Balaban J connectivity index is 1.34. The molecule has 1 unspecified atom stereocenters. The van der Waals surface area contributed by atoms with Gasteiger partial charge in [-0.15, -0.1) is 0 Å². The lowest BCUT2D eigenvalue weighted by molar-refractivity contribution is 0.104. The second-order valence-corrected chi connectivity index (χ2v) is 6.41. The van der Waals surface area contributed by atoms with Gasteiger partial charge in [-0.05, 0) is 53.8 Å². The van der Waals surface area contributed by atoms with Crippen LogP contribution >= 0.6 is 11.3 Å². The molecule has 6 heteroatoms. The first-order valence-electron chi connectivity index (χ1n) is 8.01. The third kappa shape index (κ3) is 4.36. The molecule has 0 spiro atoms. The third-order valence-corrected chi connectivity index (χ3v) is 4.71. The van der Waals surface area contributed by atoms with Crippen LogP contribution in [0.4, 0.5) is 4.79 Å². The number of hydrogen-bond donors (Lipinski definition) is 1. The number of thiophene rings is 1. The minimum atomic E-state index is 0.0322. The summed E-state index contributed by atoms with van der Waals surface area (Å²) in [6.07, 6.45) is 4.55. The van der Waals surface area contributed by atoms with Gasteiger partial charge >= 0.3 is 6.03 Å². The van der Waals surface area contributed by atoms with E-state index in [2.05, 4.69) is 22.1 Å². The Kier molecular flexibility index (Phi) is 5.71. The molecular formula is C17H22N2O3S. The predicted molar refractivity (Wildman–Crippen MR) is 89.4 cm³/mol. The van der Waals surface area contributed by atoms with Gasteiger partial charge in [-0.25, -0.2) is 4.79 Å². The molecule has 1 aliphatic heterocycles. The molecule has 0 bridgehead atoms. The smallest absolute Gasteiger partial charge is 0.317 e. The van der Waals surface area contributed by atoms with Crippen molar-refractivity contribution in [2.24, 2.45) is 0 Å². The molecule has 2 aromatic rings. The predicted octanol–water partition coefficient (Wildman–Crippen LogP) is 3.79. The molecule has 1 aliphatic rings.